The summed E-state index contributed by atoms with van der Waals surface area (Å²) in [6, 6.07) is 86.0. The third kappa shape index (κ3) is 5.43. The summed E-state index contributed by atoms with van der Waals surface area (Å²) in [7, 11) is 0. The highest BCUT2D eigenvalue weighted by Gasteiger charge is 2.46. The standard InChI is InChI=1S/C59H39NO/c1-4-19-40(20-5-1)46-27-13-16-33-55(46)60(56-34-17-14-29-49(56)50-30-18-31-51-52-37-41-21-10-11-22-42(41)38-57(52)61-58(50)51)45-35-36-48-47-28-12-15-32-53(47)59(54(48)39-45,43-23-6-2-7-24-43)44-25-8-3-9-26-44/h1-39H. The molecule has 0 saturated heterocycles. The van der Waals surface area contributed by atoms with Gasteiger partial charge in [-0.15, -0.1) is 0 Å². The molecule has 2 nitrogen and oxygen atoms in total. The Morgan fingerprint density at radius 3 is 1.61 bits per heavy atom. The maximum atomic E-state index is 6.89. The summed E-state index contributed by atoms with van der Waals surface area (Å²) in [5.74, 6) is 0. The highest BCUT2D eigenvalue weighted by Crippen LogP contribution is 2.58. The van der Waals surface area contributed by atoms with Crippen molar-refractivity contribution in [3.63, 3.8) is 0 Å². The molecular formula is C59H39NO. The van der Waals surface area contributed by atoms with Crippen LogP contribution in [0, 0.1) is 0 Å². The van der Waals surface area contributed by atoms with Gasteiger partial charge in [0.25, 0.3) is 0 Å². The number of benzene rings is 10. The normalized spacial score (nSPS) is 12.7. The molecule has 2 heteroatoms. The lowest BCUT2D eigenvalue weighted by Crippen LogP contribution is -2.28. The van der Waals surface area contributed by atoms with E-state index < -0.39 is 5.41 Å². The Morgan fingerprint density at radius 1 is 0.344 bits per heavy atom. The quantitative estimate of drug-likeness (QED) is 0.160. The average Bonchev–Trinajstić information content (AvgIpc) is 3.85. The van der Waals surface area contributed by atoms with Crippen molar-refractivity contribution in [2.45, 2.75) is 5.41 Å². The van der Waals surface area contributed by atoms with Crippen LogP contribution in [0.1, 0.15) is 22.3 Å². The Morgan fingerprint density at radius 2 is 0.885 bits per heavy atom. The molecular weight excluding hydrogens is 739 g/mol. The van der Waals surface area contributed by atoms with Gasteiger partial charge < -0.3 is 9.32 Å². The lowest BCUT2D eigenvalue weighted by Gasteiger charge is -2.35. The number of fused-ring (bicyclic) bond motifs is 7. The fourth-order valence-corrected chi connectivity index (χ4v) is 10.1. The number of rotatable bonds is 7. The molecule has 1 aliphatic carbocycles. The Bertz CT molecular complexity index is 3380. The summed E-state index contributed by atoms with van der Waals surface area (Å²) in [6.07, 6.45) is 0. The van der Waals surface area contributed by atoms with E-state index in [2.05, 4.69) is 241 Å². The van der Waals surface area contributed by atoms with Gasteiger partial charge in [0.15, 0.2) is 0 Å². The van der Waals surface area contributed by atoms with Crippen molar-refractivity contribution in [3.05, 3.63) is 259 Å². The van der Waals surface area contributed by atoms with E-state index in [9.17, 15) is 0 Å². The topological polar surface area (TPSA) is 16.4 Å². The molecule has 0 spiro atoms. The number of hydrogen-bond donors (Lipinski definition) is 0. The van der Waals surface area contributed by atoms with Crippen LogP contribution in [0.3, 0.4) is 0 Å². The molecule has 0 atom stereocenters. The Kier molecular flexibility index (Phi) is 8.11. The second kappa shape index (κ2) is 14.1. The van der Waals surface area contributed by atoms with E-state index in [-0.39, 0.29) is 0 Å². The van der Waals surface area contributed by atoms with Crippen LogP contribution in [0.5, 0.6) is 0 Å². The summed E-state index contributed by atoms with van der Waals surface area (Å²) in [5.41, 5.74) is 16.4. The first-order valence-corrected chi connectivity index (χ1v) is 21.0. The minimum absolute atomic E-state index is 0.544. The van der Waals surface area contributed by atoms with E-state index in [4.69, 9.17) is 4.42 Å². The van der Waals surface area contributed by atoms with Gasteiger partial charge in [0.05, 0.1) is 16.8 Å². The van der Waals surface area contributed by atoms with Crippen LogP contribution >= 0.6 is 0 Å². The molecule has 1 heterocycles. The van der Waals surface area contributed by atoms with Gasteiger partial charge in [-0.25, -0.2) is 0 Å². The zero-order valence-corrected chi connectivity index (χ0v) is 33.4. The van der Waals surface area contributed by atoms with Crippen LogP contribution in [-0.2, 0) is 5.41 Å². The van der Waals surface area contributed by atoms with Gasteiger partial charge in [0, 0.05) is 33.2 Å². The Labute approximate surface area is 355 Å². The summed E-state index contributed by atoms with van der Waals surface area (Å²) < 4.78 is 6.89. The van der Waals surface area contributed by atoms with Crippen molar-refractivity contribution >= 4 is 49.8 Å². The lowest BCUT2D eigenvalue weighted by molar-refractivity contribution is 0.670. The predicted molar refractivity (Wildman–Crippen MR) is 254 cm³/mol. The van der Waals surface area contributed by atoms with E-state index >= 15 is 0 Å². The number of anilines is 3. The van der Waals surface area contributed by atoms with E-state index in [0.29, 0.717) is 0 Å². The van der Waals surface area contributed by atoms with Gasteiger partial charge in [-0.1, -0.05) is 200 Å². The van der Waals surface area contributed by atoms with Gasteiger partial charge in [-0.3, -0.25) is 0 Å². The SMILES string of the molecule is c1ccc(-c2ccccc2N(c2ccc3c(c2)C(c2ccccc2)(c2ccccc2)c2ccccc2-3)c2ccccc2-c2cccc3c2oc2cc4ccccc4cc23)cc1. The second-order valence-electron chi connectivity index (χ2n) is 16.0. The maximum absolute atomic E-state index is 6.89. The summed E-state index contributed by atoms with van der Waals surface area (Å²) in [5, 5.41) is 4.60. The lowest BCUT2D eigenvalue weighted by atomic mass is 9.67. The van der Waals surface area contributed by atoms with Crippen LogP contribution in [0.15, 0.2) is 241 Å². The largest absolute Gasteiger partial charge is 0.455 e. The molecule has 286 valence electrons. The molecule has 61 heavy (non-hydrogen) atoms. The molecule has 0 radical (unpaired) electrons. The monoisotopic (exact) mass is 777 g/mol. The van der Waals surface area contributed by atoms with Crippen LogP contribution in [0.25, 0.3) is 66.1 Å². The van der Waals surface area contributed by atoms with Gasteiger partial charge >= 0.3 is 0 Å². The molecule has 12 rings (SSSR count). The van der Waals surface area contributed by atoms with E-state index in [1.807, 2.05) is 0 Å². The fourth-order valence-electron chi connectivity index (χ4n) is 10.1. The van der Waals surface area contributed by atoms with Gasteiger partial charge in [0.2, 0.25) is 0 Å². The first kappa shape index (κ1) is 35.0. The Hall–Kier alpha value is -7.94. The minimum atomic E-state index is -0.544. The number of nitrogens with zero attached hydrogens (tertiary/aromatic N) is 1. The van der Waals surface area contributed by atoms with Gasteiger partial charge in [-0.05, 0) is 86.1 Å². The summed E-state index contributed by atoms with van der Waals surface area (Å²) in [6.45, 7) is 0. The van der Waals surface area contributed by atoms with Crippen LogP contribution in [0.4, 0.5) is 17.1 Å². The first-order valence-electron chi connectivity index (χ1n) is 21.0. The summed E-state index contributed by atoms with van der Waals surface area (Å²) >= 11 is 0. The highest BCUT2D eigenvalue weighted by atomic mass is 16.3. The number of para-hydroxylation sites is 3. The van der Waals surface area contributed by atoms with Gasteiger partial charge in [0.1, 0.15) is 11.2 Å². The fraction of sp³-hybridized carbons (Fsp3) is 0.0169. The number of hydrogen-bond acceptors (Lipinski definition) is 2. The van der Waals surface area contributed by atoms with Crippen LogP contribution in [-0.4, -0.2) is 0 Å². The maximum Gasteiger partial charge on any atom is 0.143 e. The average molecular weight is 778 g/mol. The molecule has 0 N–H and O–H groups in total. The molecule has 1 aliphatic rings. The summed E-state index contributed by atoms with van der Waals surface area (Å²) in [4.78, 5) is 2.47. The molecule has 0 aliphatic heterocycles. The molecule has 0 fully saturated rings. The van der Waals surface area contributed by atoms with Crippen molar-refractivity contribution in [1.29, 1.82) is 0 Å². The van der Waals surface area contributed by atoms with Crippen LogP contribution < -0.4 is 4.90 Å². The van der Waals surface area contributed by atoms with E-state index in [0.717, 1.165) is 61.3 Å². The first-order chi connectivity index (χ1) is 30.3. The zero-order chi connectivity index (χ0) is 40.3. The molecule has 0 amide bonds. The highest BCUT2D eigenvalue weighted by molar-refractivity contribution is 6.14. The van der Waals surface area contributed by atoms with Gasteiger partial charge in [-0.2, -0.15) is 0 Å². The van der Waals surface area contributed by atoms with Crippen molar-refractivity contribution in [1.82, 2.24) is 0 Å². The molecule has 0 unspecified atom stereocenters. The minimum Gasteiger partial charge on any atom is -0.455 e. The molecule has 10 aromatic carbocycles. The van der Waals surface area contributed by atoms with Crippen molar-refractivity contribution < 1.29 is 4.42 Å². The van der Waals surface area contributed by atoms with E-state index in [1.165, 1.54) is 44.2 Å². The van der Waals surface area contributed by atoms with Crippen molar-refractivity contribution in [2.75, 3.05) is 4.90 Å². The third-order valence-corrected chi connectivity index (χ3v) is 12.7. The number of furan rings is 1. The molecule has 0 bridgehead atoms. The third-order valence-electron chi connectivity index (χ3n) is 12.7. The Balaban J connectivity index is 1.15. The molecule has 1 aromatic heterocycles. The molecule has 0 saturated carbocycles. The molecule has 11 aromatic rings. The van der Waals surface area contributed by atoms with Crippen LogP contribution in [0.2, 0.25) is 0 Å². The predicted octanol–water partition coefficient (Wildman–Crippen LogP) is 15.9. The van der Waals surface area contributed by atoms with E-state index in [1.54, 1.807) is 0 Å². The van der Waals surface area contributed by atoms with Crippen molar-refractivity contribution in [3.8, 4) is 33.4 Å². The second-order valence-corrected chi connectivity index (χ2v) is 16.0. The smallest absolute Gasteiger partial charge is 0.143 e. The van der Waals surface area contributed by atoms with Crippen molar-refractivity contribution in [2.24, 2.45) is 0 Å². The zero-order valence-electron chi connectivity index (χ0n) is 33.4.